The van der Waals surface area contributed by atoms with Gasteiger partial charge in [-0.1, -0.05) is 6.07 Å². The number of carbonyl (C=O) groups excluding carboxylic acids is 2. The third kappa shape index (κ3) is 2.17. The molecule has 1 aromatic rings. The molecule has 96 valence electrons. The molecule has 0 fully saturated rings. The number of hydrogen-bond donors (Lipinski definition) is 0. The van der Waals surface area contributed by atoms with Gasteiger partial charge in [-0.15, -0.1) is 0 Å². The molecule has 0 spiro atoms. The first-order valence-corrected chi connectivity index (χ1v) is 7.42. The minimum absolute atomic E-state index is 0.360. The number of amides is 1. The summed E-state index contributed by atoms with van der Waals surface area (Å²) in [6.07, 6.45) is 2.95. The molecule has 0 bridgehead atoms. The zero-order chi connectivity index (χ0) is 13.3. The van der Waals surface area contributed by atoms with Crippen LogP contribution in [0.15, 0.2) is 12.1 Å². The Morgan fingerprint density at radius 1 is 1.22 bits per heavy atom. The van der Waals surface area contributed by atoms with Gasteiger partial charge in [-0.05, 0) is 49.5 Å². The summed E-state index contributed by atoms with van der Waals surface area (Å²) in [4.78, 5) is 25.6. The molecule has 1 amide bonds. The van der Waals surface area contributed by atoms with Gasteiger partial charge in [0.25, 0.3) is 11.7 Å². The van der Waals surface area contributed by atoms with E-state index < -0.39 is 0 Å². The van der Waals surface area contributed by atoms with Crippen molar-refractivity contribution in [1.29, 1.82) is 0 Å². The van der Waals surface area contributed by atoms with Crippen LogP contribution in [0.1, 0.15) is 27.9 Å². The quantitative estimate of drug-likeness (QED) is 0.619. The van der Waals surface area contributed by atoms with Crippen LogP contribution in [0.25, 0.3) is 0 Å². The van der Waals surface area contributed by atoms with Crippen LogP contribution in [0.4, 0.5) is 5.69 Å². The van der Waals surface area contributed by atoms with E-state index in [0.29, 0.717) is 12.1 Å². The smallest absolute Gasteiger partial charge is 0.299 e. The first-order chi connectivity index (χ1) is 8.56. The first kappa shape index (κ1) is 13.1. The number of nitrogens with zero attached hydrogens (tertiary/aromatic N) is 1. The highest BCUT2D eigenvalue weighted by atomic mass is 32.2. The number of fused-ring (bicyclic) bond motifs is 1. The Labute approximate surface area is 112 Å². The molecular weight excluding hydrogens is 246 g/mol. The molecule has 1 aromatic carbocycles. The van der Waals surface area contributed by atoms with Gasteiger partial charge in [0.2, 0.25) is 0 Å². The molecule has 0 saturated carbocycles. The van der Waals surface area contributed by atoms with Crippen molar-refractivity contribution in [2.24, 2.45) is 0 Å². The van der Waals surface area contributed by atoms with Gasteiger partial charge in [0.1, 0.15) is 0 Å². The Hall–Kier alpha value is -1.29. The van der Waals surface area contributed by atoms with Crippen molar-refractivity contribution < 1.29 is 9.59 Å². The third-order valence-electron chi connectivity index (χ3n) is 3.13. The fraction of sp³-hybridized carbons (Fsp3) is 0.429. The zero-order valence-electron chi connectivity index (χ0n) is 10.9. The van der Waals surface area contributed by atoms with Gasteiger partial charge in [-0.3, -0.25) is 9.59 Å². The monoisotopic (exact) mass is 263 g/mol. The summed E-state index contributed by atoms with van der Waals surface area (Å²) in [5.41, 5.74) is 3.42. The number of benzene rings is 1. The lowest BCUT2D eigenvalue weighted by atomic mass is 10.0. The molecule has 0 unspecified atom stereocenters. The topological polar surface area (TPSA) is 37.4 Å². The lowest BCUT2D eigenvalue weighted by Gasteiger charge is -2.18. The maximum atomic E-state index is 12.0. The largest absolute Gasteiger partial charge is 0.304 e. The third-order valence-corrected chi connectivity index (χ3v) is 3.83. The van der Waals surface area contributed by atoms with Crippen molar-refractivity contribution in [3.8, 4) is 0 Å². The Balaban J connectivity index is 2.36. The van der Waals surface area contributed by atoms with Crippen molar-refractivity contribution >= 4 is 29.1 Å². The van der Waals surface area contributed by atoms with E-state index in [1.165, 1.54) is 0 Å². The second kappa shape index (κ2) is 5.14. The Bertz CT molecular complexity index is 511. The maximum Gasteiger partial charge on any atom is 0.299 e. The van der Waals surface area contributed by atoms with Crippen molar-refractivity contribution in [1.82, 2.24) is 0 Å². The minimum Gasteiger partial charge on any atom is -0.304 e. The second-order valence-corrected chi connectivity index (χ2v) is 5.60. The fourth-order valence-corrected chi connectivity index (χ4v) is 2.83. The van der Waals surface area contributed by atoms with E-state index in [2.05, 4.69) is 0 Å². The number of ketones is 1. The van der Waals surface area contributed by atoms with Gasteiger partial charge in [-0.25, -0.2) is 0 Å². The van der Waals surface area contributed by atoms with E-state index in [4.69, 9.17) is 0 Å². The molecule has 0 aliphatic carbocycles. The van der Waals surface area contributed by atoms with E-state index in [9.17, 15) is 9.59 Å². The van der Waals surface area contributed by atoms with Crippen LogP contribution in [-0.4, -0.2) is 30.2 Å². The summed E-state index contributed by atoms with van der Waals surface area (Å²) in [6.45, 7) is 4.53. The highest BCUT2D eigenvalue weighted by Gasteiger charge is 2.36. The molecule has 0 atom stereocenters. The molecule has 1 heterocycles. The number of thioether (sulfide) groups is 1. The molecule has 4 heteroatoms. The number of aryl methyl sites for hydroxylation is 2. The van der Waals surface area contributed by atoms with Crippen LogP contribution in [0.2, 0.25) is 0 Å². The Kier molecular flexibility index (Phi) is 3.76. The predicted octanol–water partition coefficient (Wildman–Crippen LogP) is 2.59. The summed E-state index contributed by atoms with van der Waals surface area (Å²) >= 11 is 1.75. The molecule has 0 radical (unpaired) electrons. The molecule has 2 rings (SSSR count). The van der Waals surface area contributed by atoms with E-state index in [1.807, 2.05) is 32.2 Å². The number of Topliss-reactive ketones (excluding diaryl/α,β-unsaturated/α-hetero) is 1. The maximum absolute atomic E-state index is 12.0. The van der Waals surface area contributed by atoms with E-state index in [-0.39, 0.29) is 11.7 Å². The Morgan fingerprint density at radius 2 is 1.94 bits per heavy atom. The number of carbonyl (C=O) groups is 2. The fourth-order valence-electron chi connectivity index (χ4n) is 2.41. The average Bonchev–Trinajstić information content (AvgIpc) is 2.55. The van der Waals surface area contributed by atoms with Crippen LogP contribution in [-0.2, 0) is 4.79 Å². The van der Waals surface area contributed by atoms with Gasteiger partial charge < -0.3 is 4.90 Å². The Morgan fingerprint density at radius 3 is 2.61 bits per heavy atom. The summed E-state index contributed by atoms with van der Waals surface area (Å²) in [5, 5.41) is 0. The lowest BCUT2D eigenvalue weighted by Crippen LogP contribution is -2.31. The normalized spacial score (nSPS) is 14.3. The summed E-state index contributed by atoms with van der Waals surface area (Å²) in [6, 6.07) is 3.84. The number of anilines is 1. The van der Waals surface area contributed by atoms with Crippen molar-refractivity contribution in [2.75, 3.05) is 23.5 Å². The average molecular weight is 263 g/mol. The molecule has 0 N–H and O–H groups in total. The standard InChI is InChI=1S/C14H17NO2S/c1-9-7-10(2)12-11(8-9)13(16)14(17)15(12)5-4-6-18-3/h7-8H,4-6H2,1-3H3. The van der Waals surface area contributed by atoms with Crippen LogP contribution < -0.4 is 4.90 Å². The van der Waals surface area contributed by atoms with Crippen LogP contribution >= 0.6 is 11.8 Å². The second-order valence-electron chi connectivity index (χ2n) is 4.61. The highest BCUT2D eigenvalue weighted by Crippen LogP contribution is 2.33. The summed E-state index contributed by atoms with van der Waals surface area (Å²) in [7, 11) is 0. The number of hydrogen-bond acceptors (Lipinski definition) is 3. The summed E-state index contributed by atoms with van der Waals surface area (Å²) in [5.74, 6) is 0.263. The molecule has 1 aliphatic heterocycles. The minimum atomic E-state index is -0.375. The first-order valence-electron chi connectivity index (χ1n) is 6.02. The summed E-state index contributed by atoms with van der Waals surface area (Å²) < 4.78 is 0. The lowest BCUT2D eigenvalue weighted by molar-refractivity contribution is -0.114. The molecule has 1 aliphatic rings. The van der Waals surface area contributed by atoms with Gasteiger partial charge in [0.05, 0.1) is 11.3 Å². The predicted molar refractivity (Wildman–Crippen MR) is 75.6 cm³/mol. The van der Waals surface area contributed by atoms with Crippen LogP contribution in [0.5, 0.6) is 0 Å². The van der Waals surface area contributed by atoms with E-state index in [1.54, 1.807) is 16.7 Å². The molecule has 3 nitrogen and oxygen atoms in total. The van der Waals surface area contributed by atoms with Gasteiger partial charge in [0, 0.05) is 6.54 Å². The SMILES string of the molecule is CSCCCN1C(=O)C(=O)c2cc(C)cc(C)c21. The molecule has 0 aromatic heterocycles. The van der Waals surface area contributed by atoms with Crippen LogP contribution in [0.3, 0.4) is 0 Å². The van der Waals surface area contributed by atoms with E-state index in [0.717, 1.165) is 29.0 Å². The van der Waals surface area contributed by atoms with E-state index >= 15 is 0 Å². The highest BCUT2D eigenvalue weighted by molar-refractivity contribution is 7.98. The van der Waals surface area contributed by atoms with Gasteiger partial charge >= 0.3 is 0 Å². The van der Waals surface area contributed by atoms with Crippen molar-refractivity contribution in [3.63, 3.8) is 0 Å². The number of rotatable bonds is 4. The molecule has 18 heavy (non-hydrogen) atoms. The van der Waals surface area contributed by atoms with Crippen LogP contribution in [0, 0.1) is 13.8 Å². The zero-order valence-corrected chi connectivity index (χ0v) is 11.8. The van der Waals surface area contributed by atoms with Crippen molar-refractivity contribution in [3.05, 3.63) is 28.8 Å². The van der Waals surface area contributed by atoms with Crippen molar-refractivity contribution in [2.45, 2.75) is 20.3 Å². The molecular formula is C14H17NO2S. The van der Waals surface area contributed by atoms with Gasteiger partial charge in [-0.2, -0.15) is 11.8 Å². The molecule has 0 saturated heterocycles. The van der Waals surface area contributed by atoms with Gasteiger partial charge in [0.15, 0.2) is 0 Å².